The van der Waals surface area contributed by atoms with Crippen LogP contribution in [0.5, 0.6) is 0 Å². The number of hydrogen-bond donors (Lipinski definition) is 2. The number of allylic oxidation sites excluding steroid dienone is 1. The fraction of sp³-hybridized carbons (Fsp3) is 0.360. The zero-order valence-electron chi connectivity index (χ0n) is 16.8. The van der Waals surface area contributed by atoms with E-state index in [0.29, 0.717) is 12.8 Å². The number of aliphatic hydroxyl groups is 1. The summed E-state index contributed by atoms with van der Waals surface area (Å²) < 4.78 is 0. The Balaban J connectivity index is 1.56. The summed E-state index contributed by atoms with van der Waals surface area (Å²) in [7, 11) is 0. The van der Waals surface area contributed by atoms with Crippen molar-refractivity contribution in [2.24, 2.45) is 11.8 Å². The van der Waals surface area contributed by atoms with Crippen LogP contribution in [0.4, 0.5) is 0 Å². The standard InChI is InChI=1S/C25H28O4/c1-17-3-2-4-19(15-17)16-22(26)12-10-20-11-14-24(27)23(20)13-7-18-5-8-21(9-6-18)25(28)29/h2-6,8-10,12,15,20,22-23,26H,7,11,13-14,16H2,1H3,(H,28,29)/b12-10+/t20-,22?,23+/m0/s1. The second-order valence-electron chi connectivity index (χ2n) is 7.96. The van der Waals surface area contributed by atoms with Crippen LogP contribution in [0.25, 0.3) is 0 Å². The highest BCUT2D eigenvalue weighted by Gasteiger charge is 2.32. The number of aliphatic hydroxyl groups excluding tert-OH is 1. The summed E-state index contributed by atoms with van der Waals surface area (Å²) in [5.74, 6) is -0.517. The minimum Gasteiger partial charge on any atom is -0.478 e. The molecule has 0 bridgehead atoms. The number of hydrogen-bond acceptors (Lipinski definition) is 3. The van der Waals surface area contributed by atoms with Crippen LogP contribution in [0.2, 0.25) is 0 Å². The third-order valence-electron chi connectivity index (χ3n) is 5.71. The highest BCUT2D eigenvalue weighted by atomic mass is 16.4. The van der Waals surface area contributed by atoms with Crippen LogP contribution >= 0.6 is 0 Å². The van der Waals surface area contributed by atoms with Gasteiger partial charge in [-0.2, -0.15) is 0 Å². The molecule has 0 aromatic heterocycles. The van der Waals surface area contributed by atoms with E-state index < -0.39 is 12.1 Å². The summed E-state index contributed by atoms with van der Waals surface area (Å²) in [5, 5.41) is 19.4. The number of ketones is 1. The predicted octanol–water partition coefficient (Wildman–Crippen LogP) is 4.38. The average molecular weight is 392 g/mol. The lowest BCUT2D eigenvalue weighted by Crippen LogP contribution is -2.15. The number of aryl methyl sites for hydroxylation is 2. The van der Waals surface area contributed by atoms with Crippen molar-refractivity contribution in [2.75, 3.05) is 0 Å². The largest absolute Gasteiger partial charge is 0.478 e. The number of carbonyl (C=O) groups is 2. The first-order valence-corrected chi connectivity index (χ1v) is 10.2. The Morgan fingerprint density at radius 3 is 2.62 bits per heavy atom. The van der Waals surface area contributed by atoms with Crippen molar-refractivity contribution in [3.8, 4) is 0 Å². The number of carboxylic acids is 1. The van der Waals surface area contributed by atoms with Crippen LogP contribution in [0.15, 0.2) is 60.7 Å². The lowest BCUT2D eigenvalue weighted by atomic mass is 9.88. The Morgan fingerprint density at radius 1 is 1.17 bits per heavy atom. The molecule has 1 fully saturated rings. The van der Waals surface area contributed by atoms with Crippen molar-refractivity contribution in [3.05, 3.63) is 82.9 Å². The molecule has 0 amide bonds. The highest BCUT2D eigenvalue weighted by molar-refractivity contribution is 5.87. The van der Waals surface area contributed by atoms with E-state index in [9.17, 15) is 14.7 Å². The molecule has 0 saturated heterocycles. The third kappa shape index (κ3) is 5.88. The lowest BCUT2D eigenvalue weighted by Gasteiger charge is -2.16. The second-order valence-corrected chi connectivity index (χ2v) is 7.96. The normalized spacial score (nSPS) is 20.3. The second kappa shape index (κ2) is 9.66. The van der Waals surface area contributed by atoms with Gasteiger partial charge >= 0.3 is 5.97 Å². The molecule has 1 aliphatic rings. The Morgan fingerprint density at radius 2 is 1.93 bits per heavy atom. The minimum absolute atomic E-state index is 0.0310. The molecule has 4 nitrogen and oxygen atoms in total. The molecule has 152 valence electrons. The Kier molecular flexibility index (Phi) is 6.99. The van der Waals surface area contributed by atoms with E-state index in [2.05, 4.69) is 6.07 Å². The highest BCUT2D eigenvalue weighted by Crippen LogP contribution is 2.33. The topological polar surface area (TPSA) is 74.6 Å². The summed E-state index contributed by atoms with van der Waals surface area (Å²) in [6.45, 7) is 2.04. The van der Waals surface area contributed by atoms with Gasteiger partial charge in [0.15, 0.2) is 0 Å². The van der Waals surface area contributed by atoms with Gasteiger partial charge in [-0.3, -0.25) is 4.79 Å². The third-order valence-corrected chi connectivity index (χ3v) is 5.71. The Bertz CT molecular complexity index is 882. The summed E-state index contributed by atoms with van der Waals surface area (Å²) in [6.07, 6.45) is 6.77. The zero-order chi connectivity index (χ0) is 20.8. The fourth-order valence-corrected chi connectivity index (χ4v) is 4.10. The quantitative estimate of drug-likeness (QED) is 0.654. The van der Waals surface area contributed by atoms with Gasteiger partial charge < -0.3 is 10.2 Å². The molecule has 1 saturated carbocycles. The fourth-order valence-electron chi connectivity index (χ4n) is 4.10. The number of aromatic carboxylic acids is 1. The van der Waals surface area contributed by atoms with Gasteiger partial charge in [-0.05, 0) is 55.4 Å². The molecule has 4 heteroatoms. The maximum Gasteiger partial charge on any atom is 0.335 e. The van der Waals surface area contributed by atoms with E-state index >= 15 is 0 Å². The van der Waals surface area contributed by atoms with Crippen LogP contribution in [0.3, 0.4) is 0 Å². The summed E-state index contributed by atoms with van der Waals surface area (Å²) in [6, 6.07) is 15.0. The van der Waals surface area contributed by atoms with E-state index in [0.717, 1.165) is 30.4 Å². The minimum atomic E-state index is -0.933. The average Bonchev–Trinajstić information content (AvgIpc) is 3.04. The molecule has 1 aliphatic carbocycles. The number of benzene rings is 2. The molecule has 0 aliphatic heterocycles. The zero-order valence-corrected chi connectivity index (χ0v) is 16.8. The first-order chi connectivity index (χ1) is 13.9. The van der Waals surface area contributed by atoms with Gasteiger partial charge in [0.25, 0.3) is 0 Å². The predicted molar refractivity (Wildman–Crippen MR) is 113 cm³/mol. The number of rotatable bonds is 8. The van der Waals surface area contributed by atoms with Gasteiger partial charge in [0, 0.05) is 18.8 Å². The molecular formula is C25H28O4. The van der Waals surface area contributed by atoms with Gasteiger partial charge in [0.1, 0.15) is 5.78 Å². The van der Waals surface area contributed by atoms with Crippen molar-refractivity contribution in [2.45, 2.75) is 45.1 Å². The molecule has 3 rings (SSSR count). The first kappa shape index (κ1) is 21.0. The molecule has 29 heavy (non-hydrogen) atoms. The van der Waals surface area contributed by atoms with Crippen molar-refractivity contribution in [3.63, 3.8) is 0 Å². The number of carbonyl (C=O) groups excluding carboxylic acids is 1. The Labute approximate surface area is 171 Å². The van der Waals surface area contributed by atoms with Crippen molar-refractivity contribution in [1.82, 2.24) is 0 Å². The number of Topliss-reactive ketones (excluding diaryl/α,β-unsaturated/α-hetero) is 1. The van der Waals surface area contributed by atoms with Gasteiger partial charge in [-0.25, -0.2) is 4.79 Å². The van der Waals surface area contributed by atoms with Crippen LogP contribution in [-0.4, -0.2) is 28.1 Å². The monoisotopic (exact) mass is 392 g/mol. The smallest absolute Gasteiger partial charge is 0.335 e. The molecule has 2 N–H and O–H groups in total. The van der Waals surface area contributed by atoms with Crippen molar-refractivity contribution in [1.29, 1.82) is 0 Å². The van der Waals surface area contributed by atoms with Crippen molar-refractivity contribution >= 4 is 11.8 Å². The SMILES string of the molecule is Cc1cccc(CC(O)/C=C/[C@H]2CCC(=O)[C@@H]2CCc2ccc(C(=O)O)cc2)c1. The van der Waals surface area contributed by atoms with Crippen LogP contribution < -0.4 is 0 Å². The first-order valence-electron chi connectivity index (χ1n) is 10.2. The molecule has 2 aromatic carbocycles. The summed E-state index contributed by atoms with van der Waals surface area (Å²) in [4.78, 5) is 23.3. The Hall–Kier alpha value is -2.72. The molecule has 0 radical (unpaired) electrons. The molecule has 0 spiro atoms. The van der Waals surface area contributed by atoms with Gasteiger partial charge in [-0.15, -0.1) is 0 Å². The van der Waals surface area contributed by atoms with E-state index in [-0.39, 0.29) is 23.2 Å². The molecule has 1 unspecified atom stereocenters. The lowest BCUT2D eigenvalue weighted by molar-refractivity contribution is -0.121. The van der Waals surface area contributed by atoms with Gasteiger partial charge in [0.05, 0.1) is 11.7 Å². The molecule has 0 heterocycles. The number of carboxylic acid groups (broad SMARTS) is 1. The maximum absolute atomic E-state index is 12.3. The van der Waals surface area contributed by atoms with Crippen LogP contribution in [-0.2, 0) is 17.6 Å². The molecule has 2 aromatic rings. The molecule has 3 atom stereocenters. The van der Waals surface area contributed by atoms with Gasteiger partial charge in [-0.1, -0.05) is 54.1 Å². The van der Waals surface area contributed by atoms with E-state index in [4.69, 9.17) is 5.11 Å². The summed E-state index contributed by atoms with van der Waals surface area (Å²) >= 11 is 0. The van der Waals surface area contributed by atoms with E-state index in [1.807, 2.05) is 49.4 Å². The van der Waals surface area contributed by atoms with Crippen LogP contribution in [0, 0.1) is 18.8 Å². The van der Waals surface area contributed by atoms with E-state index in [1.54, 1.807) is 12.1 Å². The van der Waals surface area contributed by atoms with E-state index in [1.165, 1.54) is 5.56 Å². The maximum atomic E-state index is 12.3. The van der Waals surface area contributed by atoms with Crippen molar-refractivity contribution < 1.29 is 19.8 Å². The summed E-state index contributed by atoms with van der Waals surface area (Å²) in [5.41, 5.74) is 3.59. The molecular weight excluding hydrogens is 364 g/mol. The van der Waals surface area contributed by atoms with Crippen LogP contribution in [0.1, 0.15) is 46.3 Å². The van der Waals surface area contributed by atoms with Gasteiger partial charge in [0.2, 0.25) is 0 Å².